The van der Waals surface area contributed by atoms with Crippen molar-refractivity contribution in [3.63, 3.8) is 0 Å². The van der Waals surface area contributed by atoms with Gasteiger partial charge in [0, 0.05) is 5.56 Å². The average molecular weight is 417 g/mol. The standard InChI is InChI=1S/C20H17ClN2O4S/c21-16-8-6-13(18-9-7-15(11-24)27-18)10-17(16)22-20(28)23-19(25)12-26-14-4-2-1-3-5-14/h1-10,24H,11-12H2,(H2,22,23,25,28). The van der Waals surface area contributed by atoms with E-state index in [-0.39, 0.29) is 18.3 Å². The third kappa shape index (κ3) is 5.32. The Morgan fingerprint density at radius 3 is 2.64 bits per heavy atom. The molecule has 3 N–H and O–H groups in total. The van der Waals surface area contributed by atoms with Gasteiger partial charge in [0.2, 0.25) is 0 Å². The zero-order chi connectivity index (χ0) is 19.9. The summed E-state index contributed by atoms with van der Waals surface area (Å²) in [6, 6.07) is 17.6. The second kappa shape index (κ2) is 9.36. The summed E-state index contributed by atoms with van der Waals surface area (Å²) in [4.78, 5) is 12.0. The normalized spacial score (nSPS) is 10.4. The summed E-state index contributed by atoms with van der Waals surface area (Å²) in [6.07, 6.45) is 0. The Kier molecular flexibility index (Phi) is 6.65. The molecule has 0 spiro atoms. The molecule has 2 aromatic carbocycles. The summed E-state index contributed by atoms with van der Waals surface area (Å²) < 4.78 is 10.9. The van der Waals surface area contributed by atoms with Crippen molar-refractivity contribution >= 4 is 40.5 Å². The number of aliphatic hydroxyl groups is 1. The van der Waals surface area contributed by atoms with Gasteiger partial charge in [-0.15, -0.1) is 0 Å². The molecule has 3 aromatic rings. The molecular formula is C20H17ClN2O4S. The number of benzene rings is 2. The average Bonchev–Trinajstić information content (AvgIpc) is 3.18. The molecule has 1 aromatic heterocycles. The van der Waals surface area contributed by atoms with Gasteiger partial charge in [0.15, 0.2) is 11.7 Å². The van der Waals surface area contributed by atoms with Crippen LogP contribution in [0.15, 0.2) is 65.1 Å². The second-order valence-electron chi connectivity index (χ2n) is 5.72. The molecular weight excluding hydrogens is 400 g/mol. The first kappa shape index (κ1) is 19.9. The number of aliphatic hydroxyl groups excluding tert-OH is 1. The smallest absolute Gasteiger partial charge is 0.264 e. The lowest BCUT2D eigenvalue weighted by Gasteiger charge is -2.12. The highest BCUT2D eigenvalue weighted by molar-refractivity contribution is 7.80. The highest BCUT2D eigenvalue weighted by atomic mass is 35.5. The van der Waals surface area contributed by atoms with Gasteiger partial charge in [-0.1, -0.05) is 29.8 Å². The van der Waals surface area contributed by atoms with Crippen LogP contribution < -0.4 is 15.4 Å². The number of nitrogens with one attached hydrogen (secondary N) is 2. The number of halogens is 1. The molecule has 28 heavy (non-hydrogen) atoms. The van der Waals surface area contributed by atoms with Crippen LogP contribution in [0.2, 0.25) is 5.02 Å². The van der Waals surface area contributed by atoms with E-state index >= 15 is 0 Å². The fourth-order valence-corrected chi connectivity index (χ4v) is 2.76. The molecule has 0 saturated carbocycles. The lowest BCUT2D eigenvalue weighted by molar-refractivity contribution is -0.121. The van der Waals surface area contributed by atoms with Gasteiger partial charge in [-0.25, -0.2) is 0 Å². The molecule has 0 bridgehead atoms. The third-order valence-corrected chi connectivity index (χ3v) is 4.22. The topological polar surface area (TPSA) is 83.7 Å². The molecule has 0 atom stereocenters. The van der Waals surface area contributed by atoms with E-state index in [4.69, 9.17) is 38.1 Å². The van der Waals surface area contributed by atoms with E-state index in [1.807, 2.05) is 18.2 Å². The molecule has 0 aliphatic heterocycles. The first-order valence-electron chi connectivity index (χ1n) is 8.33. The van der Waals surface area contributed by atoms with E-state index in [0.717, 1.165) is 5.56 Å². The van der Waals surface area contributed by atoms with Crippen LogP contribution in [0.4, 0.5) is 5.69 Å². The number of ether oxygens (including phenoxy) is 1. The highest BCUT2D eigenvalue weighted by Gasteiger charge is 2.11. The fourth-order valence-electron chi connectivity index (χ4n) is 2.37. The zero-order valence-electron chi connectivity index (χ0n) is 14.6. The minimum absolute atomic E-state index is 0.0937. The summed E-state index contributed by atoms with van der Waals surface area (Å²) in [5.41, 5.74) is 1.25. The molecule has 3 rings (SSSR count). The predicted molar refractivity (Wildman–Crippen MR) is 111 cm³/mol. The van der Waals surface area contributed by atoms with Gasteiger partial charge in [0.05, 0.1) is 10.7 Å². The van der Waals surface area contributed by atoms with Gasteiger partial charge in [-0.05, 0) is 54.7 Å². The minimum atomic E-state index is -0.396. The Labute approximate surface area is 172 Å². The van der Waals surface area contributed by atoms with Crippen molar-refractivity contribution in [1.82, 2.24) is 5.32 Å². The second-order valence-corrected chi connectivity index (χ2v) is 6.54. The van der Waals surface area contributed by atoms with Crippen molar-refractivity contribution in [1.29, 1.82) is 0 Å². The monoisotopic (exact) mass is 416 g/mol. The molecule has 8 heteroatoms. The number of thiocarbonyl (C=S) groups is 1. The lowest BCUT2D eigenvalue weighted by Crippen LogP contribution is -2.37. The van der Waals surface area contributed by atoms with E-state index in [1.54, 1.807) is 42.5 Å². The molecule has 1 heterocycles. The number of carbonyl (C=O) groups excluding carboxylic acids is 1. The maximum absolute atomic E-state index is 12.0. The highest BCUT2D eigenvalue weighted by Crippen LogP contribution is 2.30. The van der Waals surface area contributed by atoms with E-state index in [1.165, 1.54) is 0 Å². The maximum Gasteiger partial charge on any atom is 0.264 e. The molecule has 0 fully saturated rings. The van der Waals surface area contributed by atoms with E-state index in [9.17, 15) is 4.79 Å². The third-order valence-electron chi connectivity index (χ3n) is 3.68. The molecule has 0 saturated heterocycles. The van der Waals surface area contributed by atoms with Crippen molar-refractivity contribution in [2.75, 3.05) is 11.9 Å². The van der Waals surface area contributed by atoms with E-state index in [2.05, 4.69) is 10.6 Å². The number of anilines is 1. The van der Waals surface area contributed by atoms with Crippen LogP contribution in [-0.2, 0) is 11.4 Å². The van der Waals surface area contributed by atoms with Gasteiger partial charge in [0.1, 0.15) is 23.9 Å². The van der Waals surface area contributed by atoms with Gasteiger partial charge in [0.25, 0.3) is 5.91 Å². The Bertz CT molecular complexity index is 975. The molecule has 0 aliphatic carbocycles. The minimum Gasteiger partial charge on any atom is -0.484 e. The summed E-state index contributed by atoms with van der Waals surface area (Å²) in [5, 5.41) is 15.1. The molecule has 0 aliphatic rings. The van der Waals surface area contributed by atoms with Crippen molar-refractivity contribution < 1.29 is 19.1 Å². The van der Waals surface area contributed by atoms with Crippen molar-refractivity contribution in [3.8, 4) is 17.1 Å². The maximum atomic E-state index is 12.0. The number of hydrogen-bond donors (Lipinski definition) is 3. The number of rotatable bonds is 6. The fraction of sp³-hybridized carbons (Fsp3) is 0.100. The summed E-state index contributed by atoms with van der Waals surface area (Å²) in [5.74, 6) is 1.23. The molecule has 144 valence electrons. The van der Waals surface area contributed by atoms with Gasteiger partial charge < -0.3 is 19.6 Å². The largest absolute Gasteiger partial charge is 0.484 e. The number of furan rings is 1. The molecule has 6 nitrogen and oxygen atoms in total. The SMILES string of the molecule is O=C(COc1ccccc1)NC(=S)Nc1cc(-c2ccc(CO)o2)ccc1Cl. The van der Waals surface area contributed by atoms with Crippen molar-refractivity contribution in [2.45, 2.75) is 6.61 Å². The van der Waals surface area contributed by atoms with Crippen LogP contribution in [0.3, 0.4) is 0 Å². The Morgan fingerprint density at radius 2 is 1.93 bits per heavy atom. The number of hydrogen-bond acceptors (Lipinski definition) is 5. The summed E-state index contributed by atoms with van der Waals surface area (Å²) in [6.45, 7) is -0.351. The van der Waals surface area contributed by atoms with E-state index in [0.29, 0.717) is 28.0 Å². The van der Waals surface area contributed by atoms with Gasteiger partial charge in [-0.3, -0.25) is 10.1 Å². The Morgan fingerprint density at radius 1 is 1.14 bits per heavy atom. The molecule has 0 unspecified atom stereocenters. The van der Waals surface area contributed by atoms with E-state index < -0.39 is 5.91 Å². The van der Waals surface area contributed by atoms with Crippen LogP contribution in [0.1, 0.15) is 5.76 Å². The number of amides is 1. The Balaban J connectivity index is 1.60. The lowest BCUT2D eigenvalue weighted by atomic mass is 10.1. The summed E-state index contributed by atoms with van der Waals surface area (Å²) in [7, 11) is 0. The van der Waals surface area contributed by atoms with Crippen LogP contribution in [-0.4, -0.2) is 22.7 Å². The predicted octanol–water partition coefficient (Wildman–Crippen LogP) is 3.98. The van der Waals surface area contributed by atoms with Crippen molar-refractivity contribution in [2.24, 2.45) is 0 Å². The number of para-hydroxylation sites is 1. The van der Waals surface area contributed by atoms with Crippen LogP contribution in [0.5, 0.6) is 5.75 Å². The molecule has 1 amide bonds. The summed E-state index contributed by atoms with van der Waals surface area (Å²) >= 11 is 11.4. The number of carbonyl (C=O) groups is 1. The van der Waals surface area contributed by atoms with Crippen LogP contribution >= 0.6 is 23.8 Å². The van der Waals surface area contributed by atoms with Gasteiger partial charge in [-0.2, -0.15) is 0 Å². The quantitative estimate of drug-likeness (QED) is 0.527. The van der Waals surface area contributed by atoms with Crippen LogP contribution in [0, 0.1) is 0 Å². The van der Waals surface area contributed by atoms with Gasteiger partial charge >= 0.3 is 0 Å². The van der Waals surface area contributed by atoms with Crippen LogP contribution in [0.25, 0.3) is 11.3 Å². The first-order valence-corrected chi connectivity index (χ1v) is 9.12. The zero-order valence-corrected chi connectivity index (χ0v) is 16.2. The van der Waals surface area contributed by atoms with Crippen molar-refractivity contribution in [3.05, 3.63) is 71.4 Å². The molecule has 0 radical (unpaired) electrons. The Hall–Kier alpha value is -2.87. The first-order chi connectivity index (χ1) is 13.5.